The first kappa shape index (κ1) is 12.8. The van der Waals surface area contributed by atoms with E-state index in [1.165, 1.54) is 6.08 Å². The first-order chi connectivity index (χ1) is 8.58. The molecule has 2 N–H and O–H groups in total. The molecule has 0 aromatic rings. The van der Waals surface area contributed by atoms with Crippen LogP contribution in [0, 0.1) is 5.92 Å². The van der Waals surface area contributed by atoms with Crippen molar-refractivity contribution in [1.29, 1.82) is 0 Å². The lowest BCUT2D eigenvalue weighted by Crippen LogP contribution is -2.24. The van der Waals surface area contributed by atoms with Crippen LogP contribution in [-0.2, 0) is 19.1 Å². The van der Waals surface area contributed by atoms with Crippen molar-refractivity contribution < 1.29 is 29.3 Å². The molecule has 2 aliphatic rings. The third-order valence-electron chi connectivity index (χ3n) is 3.21. The highest BCUT2D eigenvalue weighted by Crippen LogP contribution is 2.71. The Morgan fingerprint density at radius 2 is 2.17 bits per heavy atom. The maximum atomic E-state index is 11.6. The van der Waals surface area contributed by atoms with Gasteiger partial charge in [-0.05, 0) is 6.08 Å². The van der Waals surface area contributed by atoms with Gasteiger partial charge in [-0.3, -0.25) is 0 Å². The fourth-order valence-corrected chi connectivity index (χ4v) is 1.89. The maximum Gasteiger partial charge on any atom is 0.336 e. The van der Waals surface area contributed by atoms with Crippen molar-refractivity contribution in [2.45, 2.75) is 18.1 Å². The summed E-state index contributed by atoms with van der Waals surface area (Å²) < 4.78 is 10.2. The zero-order valence-electron chi connectivity index (χ0n) is 9.67. The van der Waals surface area contributed by atoms with Crippen molar-refractivity contribution in [3.8, 4) is 0 Å². The van der Waals surface area contributed by atoms with E-state index in [9.17, 15) is 9.59 Å². The van der Waals surface area contributed by atoms with Gasteiger partial charge in [0.2, 0.25) is 0 Å². The smallest absolute Gasteiger partial charge is 0.336 e. The normalized spacial score (nSPS) is 32.2. The quantitative estimate of drug-likeness (QED) is 0.481. The molecule has 6 heteroatoms. The lowest BCUT2D eigenvalue weighted by atomic mass is 10.2. The summed E-state index contributed by atoms with van der Waals surface area (Å²) in [5, 5.41) is 17.6. The van der Waals surface area contributed by atoms with E-state index in [1.54, 1.807) is 0 Å². The van der Waals surface area contributed by atoms with Crippen LogP contribution < -0.4 is 0 Å². The highest BCUT2D eigenvalue weighted by molar-refractivity contribution is 5.90. The Hall–Kier alpha value is -1.66. The van der Waals surface area contributed by atoms with Crippen LogP contribution in [-0.4, -0.2) is 47.1 Å². The predicted molar refractivity (Wildman–Crippen MR) is 59.3 cm³/mol. The molecule has 0 heterocycles. The molecule has 3 atom stereocenters. The molecule has 2 saturated carbocycles. The second kappa shape index (κ2) is 4.55. The predicted octanol–water partition coefficient (Wildman–Crippen LogP) is -0.689. The van der Waals surface area contributed by atoms with E-state index in [4.69, 9.17) is 19.7 Å². The van der Waals surface area contributed by atoms with Gasteiger partial charge in [0.15, 0.2) is 5.60 Å². The fourth-order valence-electron chi connectivity index (χ4n) is 1.89. The number of carbonyl (C=O) groups excluding carboxylic acids is 2. The molecule has 18 heavy (non-hydrogen) atoms. The van der Waals surface area contributed by atoms with E-state index in [-0.39, 0.29) is 18.1 Å². The minimum absolute atomic E-state index is 0.00165. The number of aliphatic hydroxyl groups is 2. The second-order valence-corrected chi connectivity index (χ2v) is 4.29. The average Bonchev–Trinajstić information content (AvgIpc) is 3.21. The highest BCUT2D eigenvalue weighted by atomic mass is 16.6. The van der Waals surface area contributed by atoms with Crippen LogP contribution in [0.5, 0.6) is 0 Å². The van der Waals surface area contributed by atoms with Gasteiger partial charge < -0.3 is 19.7 Å². The van der Waals surface area contributed by atoms with Gasteiger partial charge in [-0.15, -0.1) is 0 Å². The third kappa shape index (κ3) is 2.04. The van der Waals surface area contributed by atoms with Crippen LogP contribution in [0.25, 0.3) is 0 Å². The number of carbonyl (C=O) groups is 2. The monoisotopic (exact) mass is 254 g/mol. The topological polar surface area (TPSA) is 93.1 Å². The molecule has 0 bridgehead atoms. The summed E-state index contributed by atoms with van der Waals surface area (Å²) in [5.74, 6) is -1.18. The third-order valence-corrected chi connectivity index (χ3v) is 3.21. The summed E-state index contributed by atoms with van der Waals surface area (Å²) in [4.78, 5) is 22.6. The Balaban J connectivity index is 1.89. The van der Waals surface area contributed by atoms with Crippen LogP contribution in [0.4, 0.5) is 0 Å². The number of esters is 2. The van der Waals surface area contributed by atoms with Crippen LogP contribution in [0.1, 0.15) is 6.42 Å². The van der Waals surface area contributed by atoms with E-state index >= 15 is 0 Å². The van der Waals surface area contributed by atoms with Gasteiger partial charge in [-0.2, -0.15) is 0 Å². The molecule has 0 spiro atoms. The van der Waals surface area contributed by atoms with Crippen LogP contribution in [0.15, 0.2) is 24.3 Å². The molecule has 98 valence electrons. The first-order valence-corrected chi connectivity index (χ1v) is 5.56. The highest BCUT2D eigenvalue weighted by Gasteiger charge is 2.86. The largest absolute Gasteiger partial charge is 0.454 e. The lowest BCUT2D eigenvalue weighted by Gasteiger charge is -2.13. The maximum absolute atomic E-state index is 11.6. The molecule has 3 unspecified atom stereocenters. The second-order valence-electron chi connectivity index (χ2n) is 4.29. The summed E-state index contributed by atoms with van der Waals surface area (Å²) in [6.07, 6.45) is 2.49. The van der Waals surface area contributed by atoms with Gasteiger partial charge in [0, 0.05) is 18.4 Å². The van der Waals surface area contributed by atoms with Gasteiger partial charge in [0.05, 0.1) is 18.8 Å². The molecule has 0 aliphatic heterocycles. The first-order valence-electron chi connectivity index (χ1n) is 5.56. The Morgan fingerprint density at radius 3 is 2.67 bits per heavy atom. The molecular formula is C12H14O6. The zero-order chi connectivity index (χ0) is 13.3. The Bertz CT molecular complexity index is 426. The van der Waals surface area contributed by atoms with Crippen molar-refractivity contribution >= 4 is 11.9 Å². The lowest BCUT2D eigenvalue weighted by molar-refractivity contribution is -0.153. The Morgan fingerprint density at radius 1 is 1.44 bits per heavy atom. The number of aliphatic hydroxyl groups excluding tert-OH is 2. The Kier molecular flexibility index (Phi) is 3.23. The van der Waals surface area contributed by atoms with Crippen molar-refractivity contribution in [1.82, 2.24) is 0 Å². The van der Waals surface area contributed by atoms with Crippen molar-refractivity contribution in [3.63, 3.8) is 0 Å². The number of fused-ring (bicyclic) bond motifs is 1. The van der Waals surface area contributed by atoms with Crippen molar-refractivity contribution in [3.05, 3.63) is 24.3 Å². The molecule has 2 rings (SSSR count). The minimum Gasteiger partial charge on any atom is -0.454 e. The number of ether oxygens (including phenoxy) is 2. The van der Waals surface area contributed by atoms with Crippen LogP contribution >= 0.6 is 0 Å². The van der Waals surface area contributed by atoms with Crippen LogP contribution in [0.2, 0.25) is 0 Å². The van der Waals surface area contributed by atoms with Gasteiger partial charge in [0.25, 0.3) is 0 Å². The van der Waals surface area contributed by atoms with Crippen LogP contribution in [0.3, 0.4) is 0 Å². The van der Waals surface area contributed by atoms with Gasteiger partial charge in [0.1, 0.15) is 6.10 Å². The minimum atomic E-state index is -0.709. The van der Waals surface area contributed by atoms with Crippen molar-refractivity contribution in [2.24, 2.45) is 5.92 Å². The van der Waals surface area contributed by atoms with Gasteiger partial charge in [-0.25, -0.2) is 9.59 Å². The molecule has 0 saturated heterocycles. The summed E-state index contributed by atoms with van der Waals surface area (Å²) in [6.45, 7) is 2.42. The van der Waals surface area contributed by atoms with Crippen molar-refractivity contribution in [2.75, 3.05) is 13.2 Å². The summed E-state index contributed by atoms with van der Waals surface area (Å²) >= 11 is 0. The molecule has 0 aromatic carbocycles. The number of rotatable bonds is 6. The number of hydrogen-bond donors (Lipinski definition) is 2. The SMILES string of the molecule is C=CC(=O)OC1C2CC21OC(=O)/C(=C/CO)CO. The van der Waals surface area contributed by atoms with E-state index < -0.39 is 30.3 Å². The van der Waals surface area contributed by atoms with E-state index in [2.05, 4.69) is 6.58 Å². The summed E-state index contributed by atoms with van der Waals surface area (Å²) in [6, 6.07) is 0. The number of hydrogen-bond acceptors (Lipinski definition) is 6. The Labute approximate surface area is 104 Å². The van der Waals surface area contributed by atoms with E-state index in [0.29, 0.717) is 6.42 Å². The van der Waals surface area contributed by atoms with E-state index in [0.717, 1.165) is 6.08 Å². The zero-order valence-corrected chi connectivity index (χ0v) is 9.67. The molecule has 0 aromatic heterocycles. The summed E-state index contributed by atoms with van der Waals surface area (Å²) in [5.41, 5.74) is -0.711. The molecule has 0 radical (unpaired) electrons. The molecule has 6 nitrogen and oxygen atoms in total. The molecule has 2 fully saturated rings. The molecular weight excluding hydrogens is 240 g/mol. The van der Waals surface area contributed by atoms with Gasteiger partial charge in [-0.1, -0.05) is 6.58 Å². The fraction of sp³-hybridized carbons (Fsp3) is 0.500. The molecule has 2 aliphatic carbocycles. The average molecular weight is 254 g/mol. The van der Waals surface area contributed by atoms with E-state index in [1.807, 2.05) is 0 Å². The summed E-state index contributed by atoms with van der Waals surface area (Å²) in [7, 11) is 0. The molecule has 0 amide bonds. The standard InChI is InChI=1S/C12H14O6/c1-2-9(15)17-10-8-5-12(8,10)18-11(16)7(6-14)3-4-13/h2-3,8,10,13-14H,1,4-6H2/b7-3+. The van der Waals surface area contributed by atoms with Gasteiger partial charge >= 0.3 is 11.9 Å².